The monoisotopic (exact) mass is 167 g/mol. The van der Waals surface area contributed by atoms with Crippen molar-refractivity contribution in [2.75, 3.05) is 14.1 Å². The standard InChI is InChI=1S/C10H17NO/c1-8-4-5-9(7-11(2)3)10(12)6-8/h7-8H,4-6H2,1-3H3. The van der Waals surface area contributed by atoms with Crippen LogP contribution < -0.4 is 0 Å². The average molecular weight is 167 g/mol. The molecule has 0 aromatic rings. The highest BCUT2D eigenvalue weighted by atomic mass is 16.1. The van der Waals surface area contributed by atoms with Crippen LogP contribution in [0.5, 0.6) is 0 Å². The molecule has 1 fully saturated rings. The minimum atomic E-state index is 0.336. The van der Waals surface area contributed by atoms with Gasteiger partial charge >= 0.3 is 0 Å². The molecule has 0 radical (unpaired) electrons. The fraction of sp³-hybridized carbons (Fsp3) is 0.700. The highest BCUT2D eigenvalue weighted by molar-refractivity contribution is 5.96. The summed E-state index contributed by atoms with van der Waals surface area (Å²) in [6.07, 6.45) is 4.80. The zero-order valence-electron chi connectivity index (χ0n) is 8.13. The summed E-state index contributed by atoms with van der Waals surface area (Å²) >= 11 is 0. The molecule has 0 aromatic heterocycles. The molecule has 0 N–H and O–H groups in total. The highest BCUT2D eigenvalue weighted by Crippen LogP contribution is 2.24. The molecule has 0 amide bonds. The molecule has 12 heavy (non-hydrogen) atoms. The second-order valence-corrected chi connectivity index (χ2v) is 3.89. The van der Waals surface area contributed by atoms with Gasteiger partial charge in [-0.1, -0.05) is 6.92 Å². The van der Waals surface area contributed by atoms with E-state index in [0.717, 1.165) is 24.8 Å². The van der Waals surface area contributed by atoms with E-state index in [9.17, 15) is 4.79 Å². The van der Waals surface area contributed by atoms with Crippen LogP contribution in [0.3, 0.4) is 0 Å². The topological polar surface area (TPSA) is 20.3 Å². The Balaban J connectivity index is 2.62. The van der Waals surface area contributed by atoms with Crippen LogP contribution in [0.25, 0.3) is 0 Å². The lowest BCUT2D eigenvalue weighted by atomic mass is 9.86. The molecule has 0 saturated heterocycles. The Hall–Kier alpha value is -0.790. The molecular formula is C10H17NO. The summed E-state index contributed by atoms with van der Waals surface area (Å²) in [7, 11) is 3.91. The normalized spacial score (nSPS) is 27.8. The summed E-state index contributed by atoms with van der Waals surface area (Å²) in [6, 6.07) is 0. The molecule has 1 saturated carbocycles. The van der Waals surface area contributed by atoms with E-state index >= 15 is 0 Å². The Morgan fingerprint density at radius 3 is 2.67 bits per heavy atom. The van der Waals surface area contributed by atoms with E-state index in [0.29, 0.717) is 11.7 Å². The first kappa shape index (κ1) is 9.30. The molecule has 0 spiro atoms. The highest BCUT2D eigenvalue weighted by Gasteiger charge is 2.20. The van der Waals surface area contributed by atoms with Crippen molar-refractivity contribution in [3.8, 4) is 0 Å². The zero-order chi connectivity index (χ0) is 9.14. The molecule has 1 aliphatic rings. The van der Waals surface area contributed by atoms with Gasteiger partial charge in [-0.25, -0.2) is 0 Å². The van der Waals surface area contributed by atoms with Crippen molar-refractivity contribution in [1.82, 2.24) is 4.90 Å². The van der Waals surface area contributed by atoms with Crippen LogP contribution >= 0.6 is 0 Å². The maximum Gasteiger partial charge on any atom is 0.160 e. The van der Waals surface area contributed by atoms with Crippen LogP contribution in [-0.2, 0) is 4.79 Å². The van der Waals surface area contributed by atoms with Crippen molar-refractivity contribution in [3.63, 3.8) is 0 Å². The fourth-order valence-corrected chi connectivity index (χ4v) is 1.54. The predicted molar refractivity (Wildman–Crippen MR) is 49.8 cm³/mol. The third-order valence-electron chi connectivity index (χ3n) is 2.21. The molecule has 0 aliphatic heterocycles. The summed E-state index contributed by atoms with van der Waals surface area (Å²) in [5, 5.41) is 0. The number of rotatable bonds is 1. The molecule has 0 bridgehead atoms. The van der Waals surface area contributed by atoms with Gasteiger partial charge in [0.15, 0.2) is 5.78 Å². The lowest BCUT2D eigenvalue weighted by Crippen LogP contribution is -2.17. The van der Waals surface area contributed by atoms with Crippen LogP contribution in [0, 0.1) is 5.92 Å². The zero-order valence-corrected chi connectivity index (χ0v) is 8.13. The van der Waals surface area contributed by atoms with E-state index in [1.807, 2.05) is 25.2 Å². The maximum absolute atomic E-state index is 11.4. The van der Waals surface area contributed by atoms with E-state index in [-0.39, 0.29) is 0 Å². The first-order valence-corrected chi connectivity index (χ1v) is 4.50. The molecule has 0 heterocycles. The van der Waals surface area contributed by atoms with Crippen molar-refractivity contribution in [3.05, 3.63) is 11.8 Å². The molecule has 1 atom stereocenters. The van der Waals surface area contributed by atoms with Gasteiger partial charge in [0.05, 0.1) is 0 Å². The van der Waals surface area contributed by atoms with Gasteiger partial charge in [0.1, 0.15) is 0 Å². The Labute approximate surface area is 74.2 Å². The number of carbonyl (C=O) groups excluding carboxylic acids is 1. The van der Waals surface area contributed by atoms with E-state index < -0.39 is 0 Å². The van der Waals surface area contributed by atoms with Gasteiger partial charge in [-0.3, -0.25) is 4.79 Å². The number of carbonyl (C=O) groups is 1. The number of hydrogen-bond donors (Lipinski definition) is 0. The summed E-state index contributed by atoms with van der Waals surface area (Å²) in [5.41, 5.74) is 0.998. The third-order valence-corrected chi connectivity index (χ3v) is 2.21. The number of hydrogen-bond acceptors (Lipinski definition) is 2. The van der Waals surface area contributed by atoms with Crippen LogP contribution in [0.1, 0.15) is 26.2 Å². The van der Waals surface area contributed by atoms with Crippen molar-refractivity contribution in [2.45, 2.75) is 26.2 Å². The first-order valence-electron chi connectivity index (χ1n) is 4.50. The summed E-state index contributed by atoms with van der Waals surface area (Å²) < 4.78 is 0. The van der Waals surface area contributed by atoms with E-state index in [1.165, 1.54) is 0 Å². The molecular weight excluding hydrogens is 150 g/mol. The summed E-state index contributed by atoms with van der Waals surface area (Å²) in [5.74, 6) is 0.916. The lowest BCUT2D eigenvalue weighted by Gasteiger charge is -2.20. The second-order valence-electron chi connectivity index (χ2n) is 3.89. The molecule has 68 valence electrons. The second kappa shape index (κ2) is 3.74. The molecule has 1 rings (SSSR count). The average Bonchev–Trinajstić information content (AvgIpc) is 1.94. The summed E-state index contributed by atoms with van der Waals surface area (Å²) in [6.45, 7) is 2.14. The SMILES string of the molecule is CC1CCC(=CN(C)C)C(=O)C1. The van der Waals surface area contributed by atoms with E-state index in [2.05, 4.69) is 6.92 Å². The lowest BCUT2D eigenvalue weighted by molar-refractivity contribution is -0.117. The van der Waals surface area contributed by atoms with Crippen molar-refractivity contribution in [1.29, 1.82) is 0 Å². The van der Waals surface area contributed by atoms with Crippen LogP contribution in [0.4, 0.5) is 0 Å². The molecule has 1 unspecified atom stereocenters. The van der Waals surface area contributed by atoms with E-state index in [4.69, 9.17) is 0 Å². The minimum Gasteiger partial charge on any atom is -0.383 e. The molecule has 2 nitrogen and oxygen atoms in total. The number of nitrogens with zero attached hydrogens (tertiary/aromatic N) is 1. The largest absolute Gasteiger partial charge is 0.383 e. The van der Waals surface area contributed by atoms with Gasteiger partial charge < -0.3 is 4.90 Å². The quantitative estimate of drug-likeness (QED) is 0.555. The van der Waals surface area contributed by atoms with Crippen molar-refractivity contribution < 1.29 is 4.79 Å². The van der Waals surface area contributed by atoms with Crippen molar-refractivity contribution in [2.24, 2.45) is 5.92 Å². The minimum absolute atomic E-state index is 0.336. The Kier molecular flexibility index (Phi) is 2.90. The Bertz CT molecular complexity index is 206. The van der Waals surface area contributed by atoms with Gasteiger partial charge in [-0.2, -0.15) is 0 Å². The van der Waals surface area contributed by atoms with Crippen LogP contribution in [0.2, 0.25) is 0 Å². The van der Waals surface area contributed by atoms with Gasteiger partial charge in [0, 0.05) is 32.3 Å². The summed E-state index contributed by atoms with van der Waals surface area (Å²) in [4.78, 5) is 13.4. The number of allylic oxidation sites excluding steroid dienone is 1. The number of Topliss-reactive ketones (excluding diaryl/α,β-unsaturated/α-hetero) is 1. The van der Waals surface area contributed by atoms with E-state index in [1.54, 1.807) is 0 Å². The predicted octanol–water partition coefficient (Wildman–Crippen LogP) is 1.82. The molecule has 0 aromatic carbocycles. The maximum atomic E-state index is 11.4. The molecule has 1 aliphatic carbocycles. The molecule has 2 heteroatoms. The van der Waals surface area contributed by atoms with Gasteiger partial charge in [0.25, 0.3) is 0 Å². The van der Waals surface area contributed by atoms with Crippen LogP contribution in [-0.4, -0.2) is 24.8 Å². The van der Waals surface area contributed by atoms with Gasteiger partial charge in [-0.05, 0) is 18.8 Å². The van der Waals surface area contributed by atoms with Gasteiger partial charge in [0.2, 0.25) is 0 Å². The Morgan fingerprint density at radius 1 is 1.50 bits per heavy atom. The van der Waals surface area contributed by atoms with Crippen molar-refractivity contribution >= 4 is 5.78 Å². The third kappa shape index (κ3) is 2.36. The Morgan fingerprint density at radius 2 is 2.17 bits per heavy atom. The fourth-order valence-electron chi connectivity index (χ4n) is 1.54. The van der Waals surface area contributed by atoms with Gasteiger partial charge in [-0.15, -0.1) is 0 Å². The van der Waals surface area contributed by atoms with Crippen LogP contribution in [0.15, 0.2) is 11.8 Å². The number of ketones is 1. The first-order chi connectivity index (χ1) is 5.59. The smallest absolute Gasteiger partial charge is 0.160 e.